The molecule has 0 heterocycles. The van der Waals surface area contributed by atoms with Gasteiger partial charge in [0.1, 0.15) is 5.69 Å². The van der Waals surface area contributed by atoms with Crippen molar-refractivity contribution in [2.75, 3.05) is 5.43 Å². The van der Waals surface area contributed by atoms with Crippen LogP contribution < -0.4 is 16.6 Å². The van der Waals surface area contributed by atoms with E-state index in [4.69, 9.17) is 5.73 Å². The summed E-state index contributed by atoms with van der Waals surface area (Å²) in [5.41, 5.74) is 10.4. The zero-order valence-corrected chi connectivity index (χ0v) is 7.88. The van der Waals surface area contributed by atoms with E-state index in [1.54, 1.807) is 18.2 Å². The van der Waals surface area contributed by atoms with Crippen LogP contribution >= 0.6 is 12.2 Å². The zero-order valence-electron chi connectivity index (χ0n) is 7.06. The molecular formula is C7H8N4O2S. The molecule has 0 amide bonds. The van der Waals surface area contributed by atoms with Crippen molar-refractivity contribution in [2.45, 2.75) is 0 Å². The first kappa shape index (κ1) is 10.2. The fourth-order valence-corrected chi connectivity index (χ4v) is 0.919. The van der Waals surface area contributed by atoms with Gasteiger partial charge >= 0.3 is 0 Å². The molecule has 1 aromatic rings. The Hall–Kier alpha value is -1.89. The van der Waals surface area contributed by atoms with E-state index in [2.05, 4.69) is 23.1 Å². The third kappa shape index (κ3) is 2.56. The first-order valence-electron chi connectivity index (χ1n) is 3.66. The van der Waals surface area contributed by atoms with Gasteiger partial charge in [-0.1, -0.05) is 12.1 Å². The van der Waals surface area contributed by atoms with Crippen molar-refractivity contribution in [1.29, 1.82) is 0 Å². The molecule has 0 aromatic heterocycles. The molecule has 0 aliphatic rings. The van der Waals surface area contributed by atoms with Crippen molar-refractivity contribution in [3.8, 4) is 0 Å². The van der Waals surface area contributed by atoms with Crippen LogP contribution in [-0.4, -0.2) is 10.0 Å². The van der Waals surface area contributed by atoms with Crippen molar-refractivity contribution < 1.29 is 4.92 Å². The predicted molar refractivity (Wildman–Crippen MR) is 56.6 cm³/mol. The van der Waals surface area contributed by atoms with Crippen molar-refractivity contribution in [3.63, 3.8) is 0 Å². The number of nitrogens with two attached hydrogens (primary N) is 1. The van der Waals surface area contributed by atoms with Crippen LogP contribution in [0.4, 0.5) is 11.4 Å². The average molecular weight is 212 g/mol. The second kappa shape index (κ2) is 4.38. The fraction of sp³-hybridized carbons (Fsp3) is 0. The molecule has 1 aromatic carbocycles. The van der Waals surface area contributed by atoms with E-state index in [1.165, 1.54) is 6.07 Å². The average Bonchev–Trinajstić information content (AvgIpc) is 2.15. The minimum atomic E-state index is -0.496. The maximum Gasteiger partial charge on any atom is 0.294 e. The van der Waals surface area contributed by atoms with Gasteiger partial charge in [-0.05, 0) is 18.3 Å². The fourth-order valence-electron chi connectivity index (χ4n) is 0.867. The molecule has 0 saturated carbocycles. The second-order valence-electron chi connectivity index (χ2n) is 2.39. The molecule has 0 aliphatic heterocycles. The van der Waals surface area contributed by atoms with Gasteiger partial charge in [-0.2, -0.15) is 0 Å². The molecule has 0 aliphatic carbocycles. The molecular weight excluding hydrogens is 204 g/mol. The number of benzene rings is 1. The summed E-state index contributed by atoms with van der Waals surface area (Å²) in [6, 6.07) is 6.16. The number of nitrogens with one attached hydrogen (secondary N) is 2. The largest absolute Gasteiger partial charge is 0.375 e. The van der Waals surface area contributed by atoms with Crippen LogP contribution in [0.25, 0.3) is 0 Å². The van der Waals surface area contributed by atoms with Gasteiger partial charge in [0.05, 0.1) is 4.92 Å². The van der Waals surface area contributed by atoms with Gasteiger partial charge in [-0.3, -0.25) is 21.0 Å². The molecule has 0 saturated heterocycles. The zero-order chi connectivity index (χ0) is 10.6. The highest BCUT2D eigenvalue weighted by Gasteiger charge is 2.11. The molecule has 7 heteroatoms. The molecule has 0 atom stereocenters. The number of rotatable bonds is 3. The highest BCUT2D eigenvalue weighted by molar-refractivity contribution is 7.80. The molecule has 0 radical (unpaired) electrons. The minimum Gasteiger partial charge on any atom is -0.375 e. The number of nitro benzene ring substituents is 1. The summed E-state index contributed by atoms with van der Waals surface area (Å²) in [7, 11) is 0. The molecule has 0 fully saturated rings. The van der Waals surface area contributed by atoms with Crippen molar-refractivity contribution in [1.82, 2.24) is 5.43 Å². The SMILES string of the molecule is NC(=S)NNc1ccccc1[N+](=O)[O-]. The smallest absolute Gasteiger partial charge is 0.294 e. The lowest BCUT2D eigenvalue weighted by atomic mass is 10.3. The van der Waals surface area contributed by atoms with E-state index in [0.29, 0.717) is 5.69 Å². The van der Waals surface area contributed by atoms with Crippen molar-refractivity contribution in [3.05, 3.63) is 34.4 Å². The molecule has 1 rings (SSSR count). The lowest BCUT2D eigenvalue weighted by Gasteiger charge is -2.07. The second-order valence-corrected chi connectivity index (χ2v) is 2.83. The van der Waals surface area contributed by atoms with Crippen LogP contribution in [0.1, 0.15) is 0 Å². The Morgan fingerprint density at radius 3 is 2.71 bits per heavy atom. The predicted octanol–water partition coefficient (Wildman–Crippen LogP) is 0.755. The van der Waals surface area contributed by atoms with E-state index in [1.807, 2.05) is 0 Å². The lowest BCUT2D eigenvalue weighted by Crippen LogP contribution is -2.34. The van der Waals surface area contributed by atoms with Gasteiger partial charge < -0.3 is 5.73 Å². The van der Waals surface area contributed by atoms with Crippen molar-refractivity contribution >= 4 is 28.7 Å². The summed E-state index contributed by atoms with van der Waals surface area (Å²) >= 11 is 4.54. The van der Waals surface area contributed by atoms with E-state index in [0.717, 1.165) is 0 Å². The molecule has 0 spiro atoms. The van der Waals surface area contributed by atoms with Crippen LogP contribution in [0.3, 0.4) is 0 Å². The Morgan fingerprint density at radius 1 is 1.50 bits per heavy atom. The lowest BCUT2D eigenvalue weighted by molar-refractivity contribution is -0.384. The van der Waals surface area contributed by atoms with E-state index in [-0.39, 0.29) is 10.8 Å². The molecule has 74 valence electrons. The molecule has 6 nitrogen and oxygen atoms in total. The molecule has 4 N–H and O–H groups in total. The number of hydrogen-bond acceptors (Lipinski definition) is 4. The molecule has 0 unspecified atom stereocenters. The third-order valence-corrected chi connectivity index (χ3v) is 1.52. The first-order valence-corrected chi connectivity index (χ1v) is 4.07. The van der Waals surface area contributed by atoms with Gasteiger partial charge in [-0.25, -0.2) is 0 Å². The van der Waals surface area contributed by atoms with Gasteiger partial charge in [0.15, 0.2) is 5.11 Å². The maximum absolute atomic E-state index is 10.5. The number of para-hydroxylation sites is 2. The summed E-state index contributed by atoms with van der Waals surface area (Å²) in [6.45, 7) is 0. The van der Waals surface area contributed by atoms with Crippen LogP contribution in [0.15, 0.2) is 24.3 Å². The third-order valence-electron chi connectivity index (χ3n) is 1.42. The van der Waals surface area contributed by atoms with Crippen LogP contribution in [-0.2, 0) is 0 Å². The normalized spacial score (nSPS) is 9.14. The summed E-state index contributed by atoms with van der Waals surface area (Å²) in [5, 5.41) is 10.6. The molecule has 0 bridgehead atoms. The number of nitro groups is 1. The van der Waals surface area contributed by atoms with Gasteiger partial charge in [0.2, 0.25) is 0 Å². The number of hydrogen-bond donors (Lipinski definition) is 3. The number of thiocarbonyl (C=S) groups is 1. The van der Waals surface area contributed by atoms with Gasteiger partial charge in [0.25, 0.3) is 5.69 Å². The summed E-state index contributed by atoms with van der Waals surface area (Å²) in [4.78, 5) is 10.0. The number of anilines is 1. The standard InChI is InChI=1S/C7H8N4O2S/c8-7(14)10-9-5-3-1-2-4-6(5)11(12)13/h1-4,9H,(H3,8,10,14). The van der Waals surface area contributed by atoms with E-state index >= 15 is 0 Å². The van der Waals surface area contributed by atoms with Gasteiger partial charge in [0, 0.05) is 6.07 Å². The monoisotopic (exact) mass is 212 g/mol. The minimum absolute atomic E-state index is 0.0168. The van der Waals surface area contributed by atoms with E-state index in [9.17, 15) is 10.1 Å². The topological polar surface area (TPSA) is 93.2 Å². The summed E-state index contributed by atoms with van der Waals surface area (Å²) in [5.74, 6) is 0. The highest BCUT2D eigenvalue weighted by Crippen LogP contribution is 2.21. The van der Waals surface area contributed by atoms with Crippen LogP contribution in [0, 0.1) is 10.1 Å². The summed E-state index contributed by atoms with van der Waals surface area (Å²) in [6.07, 6.45) is 0. The Bertz CT molecular complexity index is 368. The Labute approximate surface area is 85.2 Å². The highest BCUT2D eigenvalue weighted by atomic mass is 32.1. The van der Waals surface area contributed by atoms with Crippen LogP contribution in [0.5, 0.6) is 0 Å². The van der Waals surface area contributed by atoms with Crippen LogP contribution in [0.2, 0.25) is 0 Å². The van der Waals surface area contributed by atoms with E-state index < -0.39 is 4.92 Å². The molecule has 14 heavy (non-hydrogen) atoms. The quantitative estimate of drug-likeness (QED) is 0.389. The Kier molecular flexibility index (Phi) is 3.19. The number of nitrogens with zero attached hydrogens (tertiary/aromatic N) is 1. The summed E-state index contributed by atoms with van der Waals surface area (Å²) < 4.78 is 0. The maximum atomic E-state index is 10.5. The Balaban J connectivity index is 2.84. The number of hydrazine groups is 1. The first-order chi connectivity index (χ1) is 6.61. The van der Waals surface area contributed by atoms with Crippen molar-refractivity contribution in [2.24, 2.45) is 5.73 Å². The van der Waals surface area contributed by atoms with Gasteiger partial charge in [-0.15, -0.1) is 0 Å². The Morgan fingerprint density at radius 2 is 2.14 bits per heavy atom.